The van der Waals surface area contributed by atoms with Gasteiger partial charge < -0.3 is 28.7 Å². The summed E-state index contributed by atoms with van der Waals surface area (Å²) in [6, 6.07) is 19.9. The largest absolute Gasteiger partial charge is 0.462 e. The minimum atomic E-state index is -0.801. The maximum atomic E-state index is 13.3. The van der Waals surface area contributed by atoms with Gasteiger partial charge in [-0.05, 0) is 76.6 Å². The topological polar surface area (TPSA) is 112 Å². The third-order valence-electron chi connectivity index (χ3n) is 10.8. The molecule has 0 aliphatic carbocycles. The van der Waals surface area contributed by atoms with E-state index in [0.29, 0.717) is 35.3 Å². The van der Waals surface area contributed by atoms with E-state index in [4.69, 9.17) is 18.9 Å². The smallest absolute Gasteiger partial charge is 0.331 e. The van der Waals surface area contributed by atoms with Crippen LogP contribution in [0.4, 0.5) is 0 Å². The zero-order valence-electron chi connectivity index (χ0n) is 27.8. The molecule has 4 saturated heterocycles. The van der Waals surface area contributed by atoms with Gasteiger partial charge in [0.05, 0.1) is 0 Å². The van der Waals surface area contributed by atoms with Crippen LogP contribution in [0.1, 0.15) is 74.3 Å². The van der Waals surface area contributed by atoms with E-state index in [1.54, 1.807) is 24.3 Å². The van der Waals surface area contributed by atoms with Gasteiger partial charge in [0.1, 0.15) is 37.3 Å². The quantitative estimate of drug-likeness (QED) is 0.183. The van der Waals surface area contributed by atoms with Crippen molar-refractivity contribution in [2.24, 2.45) is 0 Å². The lowest BCUT2D eigenvalue weighted by molar-refractivity contribution is -0.158. The molecular formula is C38H46N2O8. The fraction of sp³-hybridized carbons (Fsp3) is 0.526. The standard InChI is InChI=1S/C38H46N2O8/c1-39-27-13-14-28(39)20-31(19-27)47-37(43)33(25-9-5-3-6-10-25)23-45-35(41)17-18-36(42)46-24-34(26-11-7-4-8-12-26)38(44)48-32-21-29-15-16-30(22-32)40(29)2/h3-12,17-18,27-34H,13-16,19-24H2,1-2H3/b18-17-/t27-,28+,29-,30+,31+,32+,33?,34?. The molecule has 0 saturated carbocycles. The number of piperidine rings is 2. The minimum Gasteiger partial charge on any atom is -0.462 e. The van der Waals surface area contributed by atoms with E-state index in [1.807, 2.05) is 36.4 Å². The first-order chi connectivity index (χ1) is 23.2. The van der Waals surface area contributed by atoms with Crippen molar-refractivity contribution in [3.63, 3.8) is 0 Å². The van der Waals surface area contributed by atoms with E-state index in [-0.39, 0.29) is 25.4 Å². The van der Waals surface area contributed by atoms with Crippen molar-refractivity contribution >= 4 is 23.9 Å². The van der Waals surface area contributed by atoms with Crippen LogP contribution in [0.5, 0.6) is 0 Å². The Labute approximate surface area is 282 Å². The third kappa shape index (κ3) is 8.15. The summed E-state index contributed by atoms with van der Waals surface area (Å²) in [6.07, 6.45) is 9.24. The highest BCUT2D eigenvalue weighted by atomic mass is 16.6. The molecule has 256 valence electrons. The number of rotatable bonds is 12. The van der Waals surface area contributed by atoms with E-state index < -0.39 is 35.7 Å². The second kappa shape index (κ2) is 15.5. The summed E-state index contributed by atoms with van der Waals surface area (Å²) in [7, 11) is 4.26. The van der Waals surface area contributed by atoms with Crippen molar-refractivity contribution in [2.45, 2.75) is 99.6 Å². The fourth-order valence-electron chi connectivity index (χ4n) is 7.94. The minimum absolute atomic E-state index is 0.167. The number of benzene rings is 2. The van der Waals surface area contributed by atoms with Gasteiger partial charge in [0.2, 0.25) is 0 Å². The Bertz CT molecular complexity index is 1330. The summed E-state index contributed by atoms with van der Waals surface area (Å²) in [5, 5.41) is 0. The maximum Gasteiger partial charge on any atom is 0.331 e. The highest BCUT2D eigenvalue weighted by Gasteiger charge is 2.42. The Morgan fingerprint density at radius 1 is 0.604 bits per heavy atom. The lowest BCUT2D eigenvalue weighted by Gasteiger charge is -2.36. The van der Waals surface area contributed by atoms with Crippen LogP contribution in [0.15, 0.2) is 72.8 Å². The van der Waals surface area contributed by atoms with Gasteiger partial charge in [0, 0.05) is 36.3 Å². The van der Waals surface area contributed by atoms with Gasteiger partial charge in [-0.2, -0.15) is 0 Å². The second-order valence-corrected chi connectivity index (χ2v) is 13.7. The van der Waals surface area contributed by atoms with Gasteiger partial charge in [-0.3, -0.25) is 9.59 Å². The molecule has 2 unspecified atom stereocenters. The van der Waals surface area contributed by atoms with Crippen molar-refractivity contribution < 1.29 is 38.1 Å². The van der Waals surface area contributed by atoms with Crippen LogP contribution < -0.4 is 0 Å². The lowest BCUT2D eigenvalue weighted by Crippen LogP contribution is -2.44. The fourth-order valence-corrected chi connectivity index (χ4v) is 7.94. The third-order valence-corrected chi connectivity index (χ3v) is 10.8. The molecule has 4 aliphatic rings. The number of carbonyl (C=O) groups is 4. The normalized spacial score (nSPS) is 28.0. The van der Waals surface area contributed by atoms with Crippen LogP contribution in [0, 0.1) is 0 Å². The van der Waals surface area contributed by atoms with E-state index in [9.17, 15) is 19.2 Å². The summed E-state index contributed by atoms with van der Waals surface area (Å²) in [4.78, 5) is 56.7. The van der Waals surface area contributed by atoms with Crippen molar-refractivity contribution in [1.82, 2.24) is 9.80 Å². The first kappa shape index (κ1) is 33.9. The predicted molar refractivity (Wildman–Crippen MR) is 177 cm³/mol. The average molecular weight is 659 g/mol. The first-order valence-electron chi connectivity index (χ1n) is 17.2. The molecule has 48 heavy (non-hydrogen) atoms. The zero-order chi connectivity index (χ0) is 33.6. The van der Waals surface area contributed by atoms with Crippen LogP contribution in [0.2, 0.25) is 0 Å². The molecule has 4 bridgehead atoms. The summed E-state index contributed by atoms with van der Waals surface area (Å²) < 4.78 is 22.7. The van der Waals surface area contributed by atoms with Gasteiger partial charge in [-0.1, -0.05) is 60.7 Å². The van der Waals surface area contributed by atoms with Crippen LogP contribution >= 0.6 is 0 Å². The van der Waals surface area contributed by atoms with E-state index in [1.165, 1.54) is 0 Å². The van der Waals surface area contributed by atoms with E-state index in [2.05, 4.69) is 23.9 Å². The van der Waals surface area contributed by atoms with Crippen LogP contribution in [-0.2, 0) is 38.1 Å². The molecule has 4 fully saturated rings. The van der Waals surface area contributed by atoms with E-state index in [0.717, 1.165) is 63.5 Å². The number of esters is 4. The summed E-state index contributed by atoms with van der Waals surface area (Å²) in [5.74, 6) is -4.06. The first-order valence-corrected chi connectivity index (χ1v) is 17.2. The number of hydrogen-bond donors (Lipinski definition) is 0. The molecule has 10 nitrogen and oxygen atoms in total. The molecular weight excluding hydrogens is 612 g/mol. The zero-order valence-corrected chi connectivity index (χ0v) is 27.8. The number of fused-ring (bicyclic) bond motifs is 4. The number of nitrogens with zero attached hydrogens (tertiary/aromatic N) is 2. The average Bonchev–Trinajstić information content (AvgIpc) is 3.40. The number of carbonyl (C=O) groups excluding carboxylic acids is 4. The lowest BCUT2D eigenvalue weighted by atomic mass is 9.98. The van der Waals surface area contributed by atoms with E-state index >= 15 is 0 Å². The van der Waals surface area contributed by atoms with Crippen LogP contribution in [-0.4, -0.2) is 97.4 Å². The summed E-state index contributed by atoms with van der Waals surface area (Å²) >= 11 is 0. The molecule has 0 radical (unpaired) electrons. The van der Waals surface area contributed by atoms with Crippen molar-refractivity contribution in [3.8, 4) is 0 Å². The molecule has 0 spiro atoms. The van der Waals surface area contributed by atoms with Gasteiger partial charge in [-0.15, -0.1) is 0 Å². The molecule has 10 heteroatoms. The van der Waals surface area contributed by atoms with Crippen molar-refractivity contribution in [3.05, 3.63) is 83.9 Å². The Hall–Kier alpha value is -4.02. The Kier molecular flexibility index (Phi) is 10.9. The van der Waals surface area contributed by atoms with Gasteiger partial charge in [0.25, 0.3) is 0 Å². The predicted octanol–water partition coefficient (Wildman–Crippen LogP) is 4.53. The monoisotopic (exact) mass is 658 g/mol. The molecule has 0 N–H and O–H groups in total. The Morgan fingerprint density at radius 3 is 1.27 bits per heavy atom. The molecule has 8 atom stereocenters. The Balaban J connectivity index is 1.01. The van der Waals surface area contributed by atoms with Gasteiger partial charge in [0.15, 0.2) is 0 Å². The summed E-state index contributed by atoms with van der Waals surface area (Å²) in [6.45, 7) is -0.470. The van der Waals surface area contributed by atoms with Crippen molar-refractivity contribution in [2.75, 3.05) is 27.3 Å². The highest BCUT2D eigenvalue weighted by Crippen LogP contribution is 2.37. The number of ether oxygens (including phenoxy) is 4. The van der Waals surface area contributed by atoms with Gasteiger partial charge >= 0.3 is 23.9 Å². The number of hydrogen-bond acceptors (Lipinski definition) is 10. The molecule has 4 heterocycles. The molecule has 6 rings (SSSR count). The summed E-state index contributed by atoms with van der Waals surface area (Å²) in [5.41, 5.74) is 1.36. The molecule has 4 aliphatic heterocycles. The van der Waals surface area contributed by atoms with Crippen molar-refractivity contribution in [1.29, 1.82) is 0 Å². The molecule has 0 amide bonds. The van der Waals surface area contributed by atoms with Crippen LogP contribution in [0.25, 0.3) is 0 Å². The van der Waals surface area contributed by atoms with Crippen LogP contribution in [0.3, 0.4) is 0 Å². The second-order valence-electron chi connectivity index (χ2n) is 13.7. The molecule has 2 aromatic rings. The Morgan fingerprint density at radius 2 is 0.938 bits per heavy atom. The SMILES string of the molecule is CN1[C@@H]2CC[C@H]1C[C@@H](OC(=O)C(COC(=O)/C=C\C(=O)OCC(C(=O)O[C@H]1C[C@H]3CC[C@@H](C1)N3C)c1ccccc1)c1ccccc1)C2. The maximum absolute atomic E-state index is 13.3. The highest BCUT2D eigenvalue weighted by molar-refractivity contribution is 5.92. The molecule has 0 aromatic heterocycles. The van der Waals surface area contributed by atoms with Gasteiger partial charge in [-0.25, -0.2) is 9.59 Å². The molecule has 2 aromatic carbocycles.